The molecule has 2 amide bonds. The summed E-state index contributed by atoms with van der Waals surface area (Å²) in [6.07, 6.45) is 8.79. The summed E-state index contributed by atoms with van der Waals surface area (Å²) in [5, 5.41) is 19.2. The van der Waals surface area contributed by atoms with Gasteiger partial charge in [-0.1, -0.05) is 83.2 Å². The zero-order chi connectivity index (χ0) is 28.8. The van der Waals surface area contributed by atoms with Gasteiger partial charge in [0.15, 0.2) is 0 Å². The Kier molecular flexibility index (Phi) is 16.5. The van der Waals surface area contributed by atoms with Crippen LogP contribution in [0, 0.1) is 11.8 Å². The largest absolute Gasteiger partial charge is 0.480 e. The fourth-order valence-electron chi connectivity index (χ4n) is 4.93. The average Bonchev–Trinajstić information content (AvgIpc) is 3.58. The molecular formula is C27H46N2O6S4. The van der Waals surface area contributed by atoms with E-state index >= 15 is 0 Å². The van der Waals surface area contributed by atoms with Crippen molar-refractivity contribution in [2.75, 3.05) is 30.3 Å². The summed E-state index contributed by atoms with van der Waals surface area (Å²) in [7, 11) is 7.03. The molecule has 0 unspecified atom stereocenters. The van der Waals surface area contributed by atoms with Crippen LogP contribution in [-0.2, 0) is 19.2 Å². The van der Waals surface area contributed by atoms with E-state index < -0.39 is 24.0 Å². The maximum atomic E-state index is 12.7. The molecule has 2 N–H and O–H groups in total. The maximum Gasteiger partial charge on any atom is 0.326 e. The molecule has 2 saturated heterocycles. The minimum absolute atomic E-state index is 0.0545. The molecule has 0 aromatic heterocycles. The van der Waals surface area contributed by atoms with Crippen molar-refractivity contribution >= 4 is 66.9 Å². The van der Waals surface area contributed by atoms with Crippen molar-refractivity contribution in [2.45, 2.75) is 102 Å². The van der Waals surface area contributed by atoms with E-state index in [1.54, 1.807) is 32.4 Å². The Labute approximate surface area is 249 Å². The Morgan fingerprint density at radius 3 is 2.05 bits per heavy atom. The Bertz CT molecular complexity index is 802. The van der Waals surface area contributed by atoms with Crippen LogP contribution < -0.4 is 0 Å². The van der Waals surface area contributed by atoms with Crippen molar-refractivity contribution in [3.8, 4) is 0 Å². The summed E-state index contributed by atoms with van der Waals surface area (Å²) in [5.74, 6) is 0.916. The first kappa shape index (κ1) is 34.5. The molecule has 224 valence electrons. The fourth-order valence-corrected chi connectivity index (χ4v) is 10.3. The second-order valence-electron chi connectivity index (χ2n) is 10.9. The van der Waals surface area contributed by atoms with Crippen LogP contribution in [0.4, 0.5) is 0 Å². The molecule has 2 rings (SSSR count). The first-order valence-corrected chi connectivity index (χ1v) is 19.1. The molecule has 4 atom stereocenters. The minimum atomic E-state index is -0.908. The van der Waals surface area contributed by atoms with Crippen molar-refractivity contribution in [3.63, 3.8) is 0 Å². The molecule has 0 aliphatic carbocycles. The number of hydrogen-bond donors (Lipinski definition) is 2. The summed E-state index contributed by atoms with van der Waals surface area (Å²) in [6.45, 7) is 7.47. The van der Waals surface area contributed by atoms with E-state index in [-0.39, 0.29) is 17.7 Å². The normalized spacial score (nSPS) is 20.9. The number of aliphatic carboxylic acids is 2. The van der Waals surface area contributed by atoms with E-state index in [4.69, 9.17) is 0 Å². The molecule has 0 saturated carbocycles. The summed E-state index contributed by atoms with van der Waals surface area (Å²) in [4.78, 5) is 51.1. The average molecular weight is 623 g/mol. The molecule has 0 spiro atoms. The van der Waals surface area contributed by atoms with Gasteiger partial charge in [0.2, 0.25) is 11.8 Å². The molecule has 8 nitrogen and oxygen atoms in total. The third kappa shape index (κ3) is 12.4. The van der Waals surface area contributed by atoms with Crippen molar-refractivity contribution < 1.29 is 29.4 Å². The third-order valence-electron chi connectivity index (χ3n) is 7.19. The third-order valence-corrected chi connectivity index (χ3v) is 12.8. The zero-order valence-electron chi connectivity index (χ0n) is 23.5. The molecule has 39 heavy (non-hydrogen) atoms. The van der Waals surface area contributed by atoms with Gasteiger partial charge < -0.3 is 20.0 Å². The summed E-state index contributed by atoms with van der Waals surface area (Å²) in [5.41, 5.74) is 0. The van der Waals surface area contributed by atoms with Crippen LogP contribution in [0.5, 0.6) is 0 Å². The highest BCUT2D eigenvalue weighted by Crippen LogP contribution is 2.36. The van der Waals surface area contributed by atoms with Gasteiger partial charge in [-0.15, -0.1) is 0 Å². The summed E-state index contributed by atoms with van der Waals surface area (Å²) in [6, 6.07) is -1.34. The van der Waals surface area contributed by atoms with Crippen LogP contribution in [0.1, 0.15) is 85.0 Å². The lowest BCUT2D eigenvalue weighted by molar-refractivity contribution is -0.149. The van der Waals surface area contributed by atoms with E-state index in [0.717, 1.165) is 31.4 Å². The second-order valence-corrected chi connectivity index (χ2v) is 16.3. The van der Waals surface area contributed by atoms with Crippen molar-refractivity contribution in [1.82, 2.24) is 9.80 Å². The molecule has 0 bridgehead atoms. The predicted octanol–water partition coefficient (Wildman–Crippen LogP) is 5.90. The Hall–Kier alpha value is -0.720. The highest BCUT2D eigenvalue weighted by molar-refractivity contribution is 8.77. The van der Waals surface area contributed by atoms with E-state index in [9.17, 15) is 29.4 Å². The number of unbranched alkanes of at least 4 members (excludes halogenated alkanes) is 1. The number of hydrogen-bond acceptors (Lipinski definition) is 8. The highest BCUT2D eigenvalue weighted by atomic mass is 33.1. The SMILES string of the molecule is CC(C)CCCC[C@H](CCSSC[C@H](C)C(=O)N1CCC[C@H]1C(=O)O)SSCCC(=O)N1CCC[C@H]1C(=O)O. The first-order chi connectivity index (χ1) is 18.6. The van der Waals surface area contributed by atoms with Crippen LogP contribution in [0.3, 0.4) is 0 Å². The lowest BCUT2D eigenvalue weighted by atomic mass is 10.0. The van der Waals surface area contributed by atoms with Crippen molar-refractivity contribution in [1.29, 1.82) is 0 Å². The lowest BCUT2D eigenvalue weighted by Crippen LogP contribution is -2.43. The summed E-state index contributed by atoms with van der Waals surface area (Å²) >= 11 is 0. The number of nitrogens with zero attached hydrogens (tertiary/aromatic N) is 2. The van der Waals surface area contributed by atoms with Gasteiger partial charge in [-0.3, -0.25) is 9.59 Å². The number of amides is 2. The number of carbonyl (C=O) groups excluding carboxylic acids is 2. The van der Waals surface area contributed by atoms with Crippen LogP contribution >= 0.6 is 43.2 Å². The van der Waals surface area contributed by atoms with Crippen molar-refractivity contribution in [2.24, 2.45) is 11.8 Å². The van der Waals surface area contributed by atoms with E-state index in [1.165, 1.54) is 29.1 Å². The predicted molar refractivity (Wildman–Crippen MR) is 165 cm³/mol. The van der Waals surface area contributed by atoms with E-state index in [1.807, 2.05) is 17.7 Å². The van der Waals surface area contributed by atoms with Gasteiger partial charge in [-0.2, -0.15) is 0 Å². The standard InChI is InChI=1S/C27H46N2O6S4/c1-19(2)8-4-5-9-21(39-37-17-13-24(30)28-14-6-10-22(28)26(32)33)12-16-36-38-18-20(3)25(31)29-15-7-11-23(29)27(34)35/h19-23H,4-18H2,1-3H3,(H,32,33)(H,34,35)/t20-,21+,22-,23-/m0/s1. The molecule has 0 aromatic rings. The molecule has 0 aromatic carbocycles. The molecule has 2 heterocycles. The van der Waals surface area contributed by atoms with Crippen molar-refractivity contribution in [3.05, 3.63) is 0 Å². The van der Waals surface area contributed by atoms with Gasteiger partial charge in [0.1, 0.15) is 12.1 Å². The zero-order valence-corrected chi connectivity index (χ0v) is 26.8. The molecule has 0 radical (unpaired) electrons. The number of likely N-dealkylation sites (tertiary alicyclic amines) is 2. The maximum absolute atomic E-state index is 12.7. The number of carbonyl (C=O) groups is 4. The van der Waals surface area contributed by atoms with E-state index in [2.05, 4.69) is 13.8 Å². The smallest absolute Gasteiger partial charge is 0.326 e. The molecule has 2 aliphatic rings. The topological polar surface area (TPSA) is 115 Å². The Morgan fingerprint density at radius 2 is 1.41 bits per heavy atom. The first-order valence-electron chi connectivity index (χ1n) is 14.2. The van der Waals surface area contributed by atoms with Gasteiger partial charge in [-0.05, 0) is 44.4 Å². The minimum Gasteiger partial charge on any atom is -0.480 e. The Morgan fingerprint density at radius 1 is 0.795 bits per heavy atom. The molecule has 2 fully saturated rings. The van der Waals surface area contributed by atoms with Gasteiger partial charge in [0.25, 0.3) is 0 Å². The molecule has 2 aliphatic heterocycles. The molecular weight excluding hydrogens is 577 g/mol. The lowest BCUT2D eigenvalue weighted by Gasteiger charge is -2.24. The van der Waals surface area contributed by atoms with E-state index in [0.29, 0.717) is 55.0 Å². The van der Waals surface area contributed by atoms with Gasteiger partial charge in [0.05, 0.1) is 0 Å². The fraction of sp³-hybridized carbons (Fsp3) is 0.852. The van der Waals surface area contributed by atoms with Gasteiger partial charge >= 0.3 is 11.9 Å². The van der Waals surface area contributed by atoms with Crippen LogP contribution in [0.15, 0.2) is 0 Å². The number of rotatable bonds is 19. The quantitative estimate of drug-likeness (QED) is 0.133. The number of carboxylic acid groups (broad SMARTS) is 2. The van der Waals surface area contributed by atoms with Crippen LogP contribution in [0.2, 0.25) is 0 Å². The van der Waals surface area contributed by atoms with Gasteiger partial charge in [-0.25, -0.2) is 9.59 Å². The van der Waals surface area contributed by atoms with Gasteiger partial charge in [0, 0.05) is 47.9 Å². The number of carboxylic acids is 2. The summed E-state index contributed by atoms with van der Waals surface area (Å²) < 4.78 is 0. The monoisotopic (exact) mass is 622 g/mol. The van der Waals surface area contributed by atoms with Crippen LogP contribution in [0.25, 0.3) is 0 Å². The second kappa shape index (κ2) is 18.7. The Balaban J connectivity index is 1.70. The highest BCUT2D eigenvalue weighted by Gasteiger charge is 2.36. The van der Waals surface area contributed by atoms with Crippen LogP contribution in [-0.4, -0.2) is 91.4 Å². The molecule has 12 heteroatoms.